The van der Waals surface area contributed by atoms with Crippen LogP contribution in [0.2, 0.25) is 0 Å². The van der Waals surface area contributed by atoms with Crippen LogP contribution in [0.15, 0.2) is 48.5 Å². The molecular formula is C18H22FN3O. The van der Waals surface area contributed by atoms with E-state index in [1.807, 2.05) is 19.2 Å². The van der Waals surface area contributed by atoms with Crippen LogP contribution in [-0.4, -0.2) is 30.9 Å². The highest BCUT2D eigenvalue weighted by Crippen LogP contribution is 2.06. The second-order valence-corrected chi connectivity index (χ2v) is 5.63. The van der Waals surface area contributed by atoms with Crippen LogP contribution in [-0.2, 0) is 17.8 Å². The first-order valence-electron chi connectivity index (χ1n) is 7.57. The van der Waals surface area contributed by atoms with Crippen LogP contribution in [0, 0.1) is 5.82 Å². The van der Waals surface area contributed by atoms with Crippen LogP contribution >= 0.6 is 0 Å². The predicted molar refractivity (Wildman–Crippen MR) is 90.3 cm³/mol. The minimum Gasteiger partial charge on any atom is -0.399 e. The van der Waals surface area contributed by atoms with Gasteiger partial charge < -0.3 is 16.0 Å². The molecule has 0 aromatic heterocycles. The number of nitrogens with one attached hydrogen (secondary N) is 1. The summed E-state index contributed by atoms with van der Waals surface area (Å²) < 4.78 is 12.8. The summed E-state index contributed by atoms with van der Waals surface area (Å²) in [5.74, 6) is -0.240. The number of carbonyl (C=O) groups excluding carboxylic acids is 1. The van der Waals surface area contributed by atoms with Crippen LogP contribution in [0.3, 0.4) is 0 Å². The molecule has 0 heterocycles. The molecule has 4 nitrogen and oxygen atoms in total. The van der Waals surface area contributed by atoms with E-state index < -0.39 is 0 Å². The van der Waals surface area contributed by atoms with Crippen molar-refractivity contribution in [3.63, 3.8) is 0 Å². The van der Waals surface area contributed by atoms with E-state index in [1.54, 1.807) is 24.3 Å². The fourth-order valence-corrected chi connectivity index (χ4v) is 2.25. The molecular weight excluding hydrogens is 293 g/mol. The van der Waals surface area contributed by atoms with Crippen LogP contribution < -0.4 is 11.1 Å². The van der Waals surface area contributed by atoms with Crippen LogP contribution in [0.25, 0.3) is 0 Å². The van der Waals surface area contributed by atoms with Gasteiger partial charge in [-0.15, -0.1) is 0 Å². The number of nitrogens with zero attached hydrogens (tertiary/aromatic N) is 1. The molecule has 2 aromatic rings. The summed E-state index contributed by atoms with van der Waals surface area (Å²) in [6, 6.07) is 13.7. The lowest BCUT2D eigenvalue weighted by molar-refractivity contribution is -0.120. The number of likely N-dealkylation sites (N-methyl/N-ethyl adjacent to an activating group) is 1. The number of anilines is 1. The van der Waals surface area contributed by atoms with Crippen molar-refractivity contribution in [2.75, 3.05) is 25.9 Å². The Labute approximate surface area is 136 Å². The Kier molecular flexibility index (Phi) is 6.11. The van der Waals surface area contributed by atoms with Gasteiger partial charge in [0.25, 0.3) is 0 Å². The van der Waals surface area contributed by atoms with E-state index in [4.69, 9.17) is 5.73 Å². The predicted octanol–water partition coefficient (Wildman–Crippen LogP) is 2.20. The highest BCUT2D eigenvalue weighted by atomic mass is 19.1. The smallest absolute Gasteiger partial charge is 0.224 e. The number of carbonyl (C=O) groups is 1. The number of halogens is 1. The average Bonchev–Trinajstić information content (AvgIpc) is 2.52. The molecule has 0 fully saturated rings. The molecule has 1 amide bonds. The van der Waals surface area contributed by atoms with Crippen LogP contribution in [0.5, 0.6) is 0 Å². The van der Waals surface area contributed by atoms with Gasteiger partial charge in [-0.1, -0.05) is 24.3 Å². The summed E-state index contributed by atoms with van der Waals surface area (Å²) in [5.41, 5.74) is 8.29. The molecule has 122 valence electrons. The maximum Gasteiger partial charge on any atom is 0.224 e. The lowest BCUT2D eigenvalue weighted by Crippen LogP contribution is -2.33. The summed E-state index contributed by atoms with van der Waals surface area (Å²) in [4.78, 5) is 14.0. The van der Waals surface area contributed by atoms with E-state index >= 15 is 0 Å². The minimum absolute atomic E-state index is 0.00930. The number of amides is 1. The van der Waals surface area contributed by atoms with E-state index in [0.717, 1.165) is 17.7 Å². The second-order valence-electron chi connectivity index (χ2n) is 5.63. The molecule has 0 saturated heterocycles. The first-order chi connectivity index (χ1) is 11.0. The van der Waals surface area contributed by atoms with Crippen LogP contribution in [0.4, 0.5) is 10.1 Å². The van der Waals surface area contributed by atoms with Crippen molar-refractivity contribution < 1.29 is 9.18 Å². The molecule has 0 spiro atoms. The third kappa shape index (κ3) is 6.08. The number of nitrogen functional groups attached to an aromatic ring is 1. The van der Waals surface area contributed by atoms with E-state index in [2.05, 4.69) is 10.2 Å². The standard InChI is InChI=1S/C18H22FN3O/c1-22(13-15-2-6-16(19)7-3-15)11-10-21-18(23)12-14-4-8-17(20)9-5-14/h2-9H,10-13,20H2,1H3,(H,21,23). The SMILES string of the molecule is CN(CCNC(=O)Cc1ccc(N)cc1)Cc1ccc(F)cc1. The third-order valence-electron chi connectivity index (χ3n) is 3.53. The molecule has 2 aromatic carbocycles. The number of hydrogen-bond donors (Lipinski definition) is 2. The summed E-state index contributed by atoms with van der Waals surface area (Å²) >= 11 is 0. The lowest BCUT2D eigenvalue weighted by atomic mass is 10.1. The lowest BCUT2D eigenvalue weighted by Gasteiger charge is -2.17. The summed E-state index contributed by atoms with van der Waals surface area (Å²) in [7, 11) is 1.97. The van der Waals surface area contributed by atoms with Gasteiger partial charge in [-0.05, 0) is 42.4 Å². The molecule has 0 aliphatic heterocycles. The van der Waals surface area contributed by atoms with Gasteiger partial charge in [0.15, 0.2) is 0 Å². The normalized spacial score (nSPS) is 10.7. The fourth-order valence-electron chi connectivity index (χ4n) is 2.25. The highest BCUT2D eigenvalue weighted by molar-refractivity contribution is 5.78. The Morgan fingerprint density at radius 3 is 2.35 bits per heavy atom. The van der Waals surface area contributed by atoms with Gasteiger partial charge in [0.2, 0.25) is 5.91 Å². The topological polar surface area (TPSA) is 58.4 Å². The monoisotopic (exact) mass is 315 g/mol. The summed E-state index contributed by atoms with van der Waals surface area (Å²) in [5, 5.41) is 2.90. The molecule has 23 heavy (non-hydrogen) atoms. The molecule has 0 bridgehead atoms. The number of nitrogens with two attached hydrogens (primary N) is 1. The molecule has 0 radical (unpaired) electrons. The Morgan fingerprint density at radius 1 is 1.09 bits per heavy atom. The average molecular weight is 315 g/mol. The van der Waals surface area contributed by atoms with Gasteiger partial charge in [-0.25, -0.2) is 4.39 Å². The molecule has 0 unspecified atom stereocenters. The van der Waals surface area contributed by atoms with Crippen molar-refractivity contribution >= 4 is 11.6 Å². The largest absolute Gasteiger partial charge is 0.399 e. The van der Waals surface area contributed by atoms with E-state index in [-0.39, 0.29) is 11.7 Å². The van der Waals surface area contributed by atoms with Gasteiger partial charge >= 0.3 is 0 Å². The number of benzene rings is 2. The molecule has 0 atom stereocenters. The Balaban J connectivity index is 1.68. The van der Waals surface area contributed by atoms with Gasteiger partial charge in [-0.2, -0.15) is 0 Å². The Bertz CT molecular complexity index is 626. The zero-order chi connectivity index (χ0) is 16.7. The Hall–Kier alpha value is -2.40. The quantitative estimate of drug-likeness (QED) is 0.770. The van der Waals surface area contributed by atoms with E-state index in [1.165, 1.54) is 12.1 Å². The maximum absolute atomic E-state index is 12.8. The van der Waals surface area contributed by atoms with Crippen LogP contribution in [0.1, 0.15) is 11.1 Å². The third-order valence-corrected chi connectivity index (χ3v) is 3.53. The number of rotatable bonds is 7. The summed E-state index contributed by atoms with van der Waals surface area (Å²) in [6.07, 6.45) is 0.349. The van der Waals surface area contributed by atoms with E-state index in [0.29, 0.717) is 25.2 Å². The molecule has 5 heteroatoms. The molecule has 0 saturated carbocycles. The van der Waals surface area contributed by atoms with Gasteiger partial charge in [0.1, 0.15) is 5.82 Å². The minimum atomic E-state index is -0.230. The van der Waals surface area contributed by atoms with Crippen molar-refractivity contribution in [2.24, 2.45) is 0 Å². The van der Waals surface area contributed by atoms with E-state index in [9.17, 15) is 9.18 Å². The zero-order valence-electron chi connectivity index (χ0n) is 13.3. The number of hydrogen-bond acceptors (Lipinski definition) is 3. The Morgan fingerprint density at radius 2 is 1.70 bits per heavy atom. The van der Waals surface area contributed by atoms with Crippen molar-refractivity contribution in [2.45, 2.75) is 13.0 Å². The second kappa shape index (κ2) is 8.29. The van der Waals surface area contributed by atoms with Crippen molar-refractivity contribution in [1.29, 1.82) is 0 Å². The highest BCUT2D eigenvalue weighted by Gasteiger charge is 2.05. The van der Waals surface area contributed by atoms with Gasteiger partial charge in [-0.3, -0.25) is 4.79 Å². The summed E-state index contributed by atoms with van der Waals surface area (Å²) in [6.45, 7) is 2.02. The van der Waals surface area contributed by atoms with Crippen molar-refractivity contribution in [3.05, 3.63) is 65.5 Å². The van der Waals surface area contributed by atoms with Gasteiger partial charge in [0, 0.05) is 25.3 Å². The molecule has 0 aliphatic rings. The zero-order valence-corrected chi connectivity index (χ0v) is 13.3. The van der Waals surface area contributed by atoms with Crippen molar-refractivity contribution in [3.8, 4) is 0 Å². The first kappa shape index (κ1) is 17.0. The fraction of sp³-hybridized carbons (Fsp3) is 0.278. The van der Waals surface area contributed by atoms with Crippen molar-refractivity contribution in [1.82, 2.24) is 10.2 Å². The molecule has 0 aliphatic carbocycles. The molecule has 2 rings (SSSR count). The maximum atomic E-state index is 12.8. The molecule has 3 N–H and O–H groups in total. The first-order valence-corrected chi connectivity index (χ1v) is 7.57. The van der Waals surface area contributed by atoms with Gasteiger partial charge in [0.05, 0.1) is 6.42 Å².